The highest BCUT2D eigenvalue weighted by atomic mass is 19.4. The van der Waals surface area contributed by atoms with Crippen molar-refractivity contribution in [3.63, 3.8) is 0 Å². The van der Waals surface area contributed by atoms with Crippen LogP contribution in [0.4, 0.5) is 30.7 Å². The lowest BCUT2D eigenvalue weighted by Gasteiger charge is -2.27. The van der Waals surface area contributed by atoms with Crippen LogP contribution in [0.1, 0.15) is 0 Å². The smallest absolute Gasteiger partial charge is 0.298 e. The summed E-state index contributed by atoms with van der Waals surface area (Å²) in [5, 5.41) is 0. The van der Waals surface area contributed by atoms with Gasteiger partial charge in [0.25, 0.3) is 12.7 Å². The van der Waals surface area contributed by atoms with Crippen LogP contribution >= 0.6 is 0 Å². The van der Waals surface area contributed by atoms with Crippen LogP contribution in [0.3, 0.4) is 0 Å². The maximum atomic E-state index is 12.1. The Morgan fingerprint density at radius 1 is 1.00 bits per heavy atom. The van der Waals surface area contributed by atoms with Gasteiger partial charge in [-0.25, -0.2) is 17.6 Å². The fraction of sp³-hybridized carbons (Fsp3) is 1.00. The van der Waals surface area contributed by atoms with E-state index in [9.17, 15) is 30.7 Å². The number of hydrogen-bond acceptors (Lipinski definition) is 2. The first kappa shape index (κ1) is 11.5. The molecule has 1 saturated heterocycles. The van der Waals surface area contributed by atoms with Crippen LogP contribution in [0.25, 0.3) is 0 Å². The zero-order chi connectivity index (χ0) is 11.1. The molecule has 9 heteroatoms. The molecule has 14 heavy (non-hydrogen) atoms. The van der Waals surface area contributed by atoms with Crippen molar-refractivity contribution in [1.82, 2.24) is 0 Å². The second-order valence-corrected chi connectivity index (χ2v) is 2.40. The maximum Gasteiger partial charge on any atom is 0.449 e. The highest BCUT2D eigenvalue weighted by Crippen LogP contribution is 2.46. The molecular weight excluding hydrogens is 225 g/mol. The summed E-state index contributed by atoms with van der Waals surface area (Å²) in [4.78, 5) is 0. The summed E-state index contributed by atoms with van der Waals surface area (Å²) in [5.74, 6) is -4.51. The molecule has 1 heterocycles. The molecule has 0 aromatic heterocycles. The van der Waals surface area contributed by atoms with E-state index in [0.29, 0.717) is 0 Å². The molecule has 0 bridgehead atoms. The van der Waals surface area contributed by atoms with Crippen LogP contribution in [-0.2, 0) is 9.47 Å². The van der Waals surface area contributed by atoms with Crippen molar-refractivity contribution in [3.05, 3.63) is 0 Å². The van der Waals surface area contributed by atoms with E-state index in [1.807, 2.05) is 0 Å². The largest absolute Gasteiger partial charge is 0.449 e. The highest BCUT2D eigenvalue weighted by Gasteiger charge is 2.71. The average Bonchev–Trinajstić information content (AvgIpc) is 2.28. The van der Waals surface area contributed by atoms with Crippen molar-refractivity contribution < 1.29 is 40.2 Å². The molecule has 2 unspecified atom stereocenters. The van der Waals surface area contributed by atoms with E-state index >= 15 is 0 Å². The molecule has 0 spiro atoms. The summed E-state index contributed by atoms with van der Waals surface area (Å²) in [6.07, 6.45) is -16.3. The summed E-state index contributed by atoms with van der Waals surface area (Å²) >= 11 is 0. The monoisotopic (exact) mass is 228 g/mol. The average molecular weight is 228 g/mol. The van der Waals surface area contributed by atoms with Gasteiger partial charge in [-0.15, -0.1) is 0 Å². The number of hydrogen-bond donors (Lipinski definition) is 0. The molecule has 2 nitrogen and oxygen atoms in total. The lowest BCUT2D eigenvalue weighted by Crippen LogP contribution is -2.52. The van der Waals surface area contributed by atoms with E-state index in [4.69, 9.17) is 0 Å². The molecule has 1 aliphatic rings. The number of halogens is 7. The van der Waals surface area contributed by atoms with Gasteiger partial charge in [-0.2, -0.15) is 13.2 Å². The molecule has 0 aromatic rings. The Balaban J connectivity index is 2.98. The minimum absolute atomic E-state index is 3.15. The third-order valence-corrected chi connectivity index (χ3v) is 1.46. The summed E-state index contributed by atoms with van der Waals surface area (Å²) < 4.78 is 90.3. The second kappa shape index (κ2) is 3.23. The molecule has 0 amide bonds. The first-order chi connectivity index (χ1) is 6.21. The minimum Gasteiger partial charge on any atom is -0.298 e. The molecule has 84 valence electrons. The molecule has 0 aliphatic carbocycles. The van der Waals surface area contributed by atoms with E-state index in [-0.39, 0.29) is 0 Å². The van der Waals surface area contributed by atoms with E-state index < -0.39 is 31.1 Å². The molecule has 2 atom stereocenters. The second-order valence-electron chi connectivity index (χ2n) is 2.40. The van der Waals surface area contributed by atoms with Crippen LogP contribution in [0, 0.1) is 0 Å². The van der Waals surface area contributed by atoms with Gasteiger partial charge >= 0.3 is 18.4 Å². The number of ether oxygens (including phenoxy) is 2. The van der Waals surface area contributed by atoms with Gasteiger partial charge in [0.1, 0.15) is 0 Å². The van der Waals surface area contributed by atoms with E-state index in [1.54, 1.807) is 0 Å². The SMILES string of the molecule is FC1OC(C(F)F)(C(F)(F)F)OC1F. The van der Waals surface area contributed by atoms with Crippen molar-refractivity contribution in [2.24, 2.45) is 0 Å². The molecule has 0 radical (unpaired) electrons. The van der Waals surface area contributed by atoms with Crippen molar-refractivity contribution in [3.8, 4) is 0 Å². The van der Waals surface area contributed by atoms with Gasteiger partial charge in [-0.05, 0) is 0 Å². The molecule has 0 saturated carbocycles. The van der Waals surface area contributed by atoms with Crippen molar-refractivity contribution >= 4 is 0 Å². The predicted molar refractivity (Wildman–Crippen MR) is 26.8 cm³/mol. The van der Waals surface area contributed by atoms with Gasteiger partial charge in [-0.1, -0.05) is 0 Å². The van der Waals surface area contributed by atoms with Gasteiger partial charge in [0, 0.05) is 0 Å². The lowest BCUT2D eigenvalue weighted by molar-refractivity contribution is -0.393. The Morgan fingerprint density at radius 3 is 1.50 bits per heavy atom. The van der Waals surface area contributed by atoms with Gasteiger partial charge in [0.15, 0.2) is 0 Å². The third kappa shape index (κ3) is 1.54. The Kier molecular flexibility index (Phi) is 2.65. The molecule has 0 N–H and O–H groups in total. The Labute approximate surface area is 72.6 Å². The van der Waals surface area contributed by atoms with E-state index in [2.05, 4.69) is 9.47 Å². The zero-order valence-corrected chi connectivity index (χ0v) is 6.19. The van der Waals surface area contributed by atoms with Crippen LogP contribution in [0.2, 0.25) is 0 Å². The topological polar surface area (TPSA) is 18.5 Å². The first-order valence-corrected chi connectivity index (χ1v) is 3.19. The van der Waals surface area contributed by atoms with Crippen molar-refractivity contribution in [2.45, 2.75) is 31.1 Å². The third-order valence-electron chi connectivity index (χ3n) is 1.46. The Bertz CT molecular complexity index is 205. The summed E-state index contributed by atoms with van der Waals surface area (Å²) in [5.41, 5.74) is 0. The maximum absolute atomic E-state index is 12.1. The molecule has 1 fully saturated rings. The van der Waals surface area contributed by atoms with Crippen LogP contribution in [-0.4, -0.2) is 31.1 Å². The molecular formula is C5H3F7O2. The molecule has 1 aliphatic heterocycles. The summed E-state index contributed by atoms with van der Waals surface area (Å²) in [6, 6.07) is 0. The normalized spacial score (nSPS) is 39.4. The summed E-state index contributed by atoms with van der Waals surface area (Å²) in [7, 11) is 0. The Hall–Kier alpha value is -0.570. The van der Waals surface area contributed by atoms with Gasteiger partial charge in [0.05, 0.1) is 0 Å². The minimum atomic E-state index is -5.72. The number of rotatable bonds is 1. The molecule has 1 rings (SSSR count). The van der Waals surface area contributed by atoms with E-state index in [1.165, 1.54) is 0 Å². The van der Waals surface area contributed by atoms with Crippen LogP contribution < -0.4 is 0 Å². The van der Waals surface area contributed by atoms with Gasteiger partial charge in [0.2, 0.25) is 0 Å². The summed E-state index contributed by atoms with van der Waals surface area (Å²) in [6.45, 7) is 0. The molecule has 0 aromatic carbocycles. The van der Waals surface area contributed by atoms with Crippen LogP contribution in [0.15, 0.2) is 0 Å². The standard InChI is InChI=1S/C5H3F7O2/c6-1-2(7)14-4(13-1,3(8)9)5(10,11)12/h1-3H. The van der Waals surface area contributed by atoms with Gasteiger partial charge in [-0.3, -0.25) is 9.47 Å². The Morgan fingerprint density at radius 2 is 1.36 bits per heavy atom. The van der Waals surface area contributed by atoms with Gasteiger partial charge < -0.3 is 0 Å². The van der Waals surface area contributed by atoms with E-state index in [0.717, 1.165) is 0 Å². The zero-order valence-electron chi connectivity index (χ0n) is 6.19. The highest BCUT2D eigenvalue weighted by molar-refractivity contribution is 4.87. The fourth-order valence-electron chi connectivity index (χ4n) is 0.829. The quantitative estimate of drug-likeness (QED) is 0.640. The lowest BCUT2D eigenvalue weighted by atomic mass is 10.3. The van der Waals surface area contributed by atoms with Crippen molar-refractivity contribution in [1.29, 1.82) is 0 Å². The number of alkyl halides is 7. The predicted octanol–water partition coefficient (Wildman–Crippen LogP) is 2.15. The first-order valence-electron chi connectivity index (χ1n) is 3.19. The van der Waals surface area contributed by atoms with Crippen molar-refractivity contribution in [2.75, 3.05) is 0 Å². The van der Waals surface area contributed by atoms with Crippen LogP contribution in [0.5, 0.6) is 0 Å². The fourth-order valence-corrected chi connectivity index (χ4v) is 0.829.